The Bertz CT molecular complexity index is 2120. The highest BCUT2D eigenvalue weighted by atomic mass is 35.5. The molecule has 0 saturated heterocycles. The fourth-order valence-corrected chi connectivity index (χ4v) is 7.12. The van der Waals surface area contributed by atoms with Crippen LogP contribution in [0.15, 0.2) is 121 Å². The zero-order chi connectivity index (χ0) is 38.4. The molecule has 0 aromatic heterocycles. The van der Waals surface area contributed by atoms with Crippen molar-refractivity contribution in [2.75, 3.05) is 11.9 Å². The minimum Gasteiger partial charge on any atom is -0.444 e. The van der Waals surface area contributed by atoms with E-state index in [0.29, 0.717) is 16.3 Å². The standard InChI is InChI=1S/C45H45ClFN3O4/c1-45(2,3)54-44(53)48-28-31-11-10-15-35(25-31)42-38-26-36(46)22-24-40(38)50(29-30-17-19-33(20-18-30)32-12-6-5-7-13-32)43(52)41(49(42)4)27-37(51)23-21-34-14-8-9-16-39(34)47/h5-20,22,24-26,41-42H,21,23,27-29H2,1-4H3,(H,48,53). The molecule has 0 fully saturated rings. The number of fused-ring (bicyclic) bond motifs is 1. The van der Waals surface area contributed by atoms with E-state index in [1.165, 1.54) is 6.07 Å². The molecule has 0 aliphatic carbocycles. The zero-order valence-electron chi connectivity index (χ0n) is 31.0. The maximum atomic E-state index is 14.9. The first-order valence-electron chi connectivity index (χ1n) is 18.1. The number of carbonyl (C=O) groups is 3. The highest BCUT2D eigenvalue weighted by Gasteiger charge is 2.40. The van der Waals surface area contributed by atoms with Crippen molar-refractivity contribution in [1.29, 1.82) is 0 Å². The van der Waals surface area contributed by atoms with E-state index in [-0.39, 0.29) is 49.9 Å². The Labute approximate surface area is 321 Å². The summed E-state index contributed by atoms with van der Waals surface area (Å²) in [5, 5.41) is 3.34. The smallest absolute Gasteiger partial charge is 0.407 e. The molecule has 0 saturated carbocycles. The van der Waals surface area contributed by atoms with Gasteiger partial charge in [-0.05, 0) is 97.4 Å². The Hall–Kier alpha value is -5.31. The van der Waals surface area contributed by atoms with Crippen LogP contribution in [0.2, 0.25) is 5.02 Å². The number of anilines is 1. The first-order chi connectivity index (χ1) is 25.9. The molecular weight excluding hydrogens is 701 g/mol. The van der Waals surface area contributed by atoms with Crippen LogP contribution in [0.4, 0.5) is 14.9 Å². The summed E-state index contributed by atoms with van der Waals surface area (Å²) in [7, 11) is 1.85. The monoisotopic (exact) mass is 745 g/mol. The van der Waals surface area contributed by atoms with E-state index in [4.69, 9.17) is 16.3 Å². The van der Waals surface area contributed by atoms with Gasteiger partial charge in [-0.2, -0.15) is 0 Å². The van der Waals surface area contributed by atoms with Crippen LogP contribution in [0.5, 0.6) is 0 Å². The molecule has 5 aromatic rings. The van der Waals surface area contributed by atoms with Gasteiger partial charge in [-0.3, -0.25) is 14.5 Å². The number of likely N-dealkylation sites (N-methyl/N-ethyl adjacent to an activating group) is 1. The van der Waals surface area contributed by atoms with Crippen molar-refractivity contribution >= 4 is 35.1 Å². The topological polar surface area (TPSA) is 79.0 Å². The van der Waals surface area contributed by atoms with Crippen molar-refractivity contribution < 1.29 is 23.5 Å². The summed E-state index contributed by atoms with van der Waals surface area (Å²) in [6.45, 7) is 5.92. The number of carbonyl (C=O) groups excluding carboxylic acids is 3. The van der Waals surface area contributed by atoms with Crippen molar-refractivity contribution in [3.63, 3.8) is 0 Å². The molecule has 6 rings (SSSR count). The zero-order valence-corrected chi connectivity index (χ0v) is 31.8. The SMILES string of the molecule is CN1C(CC(=O)CCc2ccccc2F)C(=O)N(Cc2ccc(-c3ccccc3)cc2)c2ccc(Cl)cc2C1c1cccc(CNC(=O)OC(C)(C)C)c1. The molecule has 2 amide bonds. The minimum atomic E-state index is -0.846. The van der Waals surface area contributed by atoms with Gasteiger partial charge in [0.2, 0.25) is 5.91 Å². The average molecular weight is 746 g/mol. The van der Waals surface area contributed by atoms with Gasteiger partial charge in [0.1, 0.15) is 17.2 Å². The number of Topliss-reactive ketones (excluding diaryl/α,β-unsaturated/α-hetero) is 1. The van der Waals surface area contributed by atoms with Gasteiger partial charge in [0.25, 0.3) is 0 Å². The Balaban J connectivity index is 1.36. The van der Waals surface area contributed by atoms with Crippen LogP contribution in [0, 0.1) is 5.82 Å². The first-order valence-corrected chi connectivity index (χ1v) is 18.5. The Morgan fingerprint density at radius 2 is 1.54 bits per heavy atom. The number of ether oxygens (including phenoxy) is 1. The van der Waals surface area contributed by atoms with Gasteiger partial charge in [-0.1, -0.05) is 109 Å². The van der Waals surface area contributed by atoms with E-state index >= 15 is 0 Å². The number of amides is 2. The highest BCUT2D eigenvalue weighted by Crippen LogP contribution is 2.42. The lowest BCUT2D eigenvalue weighted by Gasteiger charge is -2.33. The fourth-order valence-electron chi connectivity index (χ4n) is 6.94. The van der Waals surface area contributed by atoms with Gasteiger partial charge in [0, 0.05) is 30.1 Å². The van der Waals surface area contributed by atoms with Crippen molar-refractivity contribution in [3.05, 3.63) is 160 Å². The second-order valence-corrected chi connectivity index (χ2v) is 15.1. The number of ketones is 1. The predicted molar refractivity (Wildman–Crippen MR) is 212 cm³/mol. The lowest BCUT2D eigenvalue weighted by atomic mass is 9.93. The highest BCUT2D eigenvalue weighted by molar-refractivity contribution is 6.30. The van der Waals surface area contributed by atoms with E-state index in [9.17, 15) is 18.8 Å². The molecule has 2 atom stereocenters. The summed E-state index contributed by atoms with van der Waals surface area (Å²) < 4.78 is 19.9. The lowest BCUT2D eigenvalue weighted by molar-refractivity contribution is -0.129. The van der Waals surface area contributed by atoms with Gasteiger partial charge in [0.05, 0.1) is 18.6 Å². The Morgan fingerprint density at radius 1 is 0.833 bits per heavy atom. The van der Waals surface area contributed by atoms with E-state index in [0.717, 1.165) is 33.4 Å². The van der Waals surface area contributed by atoms with Crippen molar-refractivity contribution in [2.45, 2.75) is 70.8 Å². The third-order valence-corrected chi connectivity index (χ3v) is 9.82. The van der Waals surface area contributed by atoms with E-state index in [1.807, 2.05) is 112 Å². The van der Waals surface area contributed by atoms with Gasteiger partial charge in [0.15, 0.2) is 0 Å². The summed E-state index contributed by atoms with van der Waals surface area (Å²) in [6, 6.07) is 36.6. The quantitative estimate of drug-likeness (QED) is 0.146. The molecule has 2 unspecified atom stereocenters. The number of nitrogens with one attached hydrogen (secondary N) is 1. The molecule has 7 nitrogen and oxygen atoms in total. The van der Waals surface area contributed by atoms with Crippen LogP contribution >= 0.6 is 11.6 Å². The van der Waals surface area contributed by atoms with Crippen LogP contribution < -0.4 is 10.2 Å². The lowest BCUT2D eigenvalue weighted by Crippen LogP contribution is -2.47. The summed E-state index contributed by atoms with van der Waals surface area (Å²) in [4.78, 5) is 44.8. The molecular formula is C45H45ClFN3O4. The van der Waals surface area contributed by atoms with E-state index in [2.05, 4.69) is 17.4 Å². The molecule has 0 bridgehead atoms. The molecule has 0 radical (unpaired) electrons. The summed E-state index contributed by atoms with van der Waals surface area (Å²) >= 11 is 6.68. The third-order valence-electron chi connectivity index (χ3n) is 9.58. The molecule has 278 valence electrons. The number of hydrogen-bond acceptors (Lipinski definition) is 5. The first kappa shape index (κ1) is 38.4. The fraction of sp³-hybridized carbons (Fsp3) is 0.267. The van der Waals surface area contributed by atoms with Gasteiger partial charge < -0.3 is 15.0 Å². The molecule has 9 heteroatoms. The number of rotatable bonds is 11. The number of aryl methyl sites for hydroxylation is 1. The van der Waals surface area contributed by atoms with Crippen molar-refractivity contribution in [1.82, 2.24) is 10.2 Å². The Kier molecular flexibility index (Phi) is 11.9. The molecule has 1 aliphatic heterocycles. The maximum absolute atomic E-state index is 14.9. The van der Waals surface area contributed by atoms with Gasteiger partial charge >= 0.3 is 6.09 Å². The number of hydrogen-bond donors (Lipinski definition) is 1. The van der Waals surface area contributed by atoms with E-state index < -0.39 is 23.8 Å². The third kappa shape index (κ3) is 9.43. The predicted octanol–water partition coefficient (Wildman–Crippen LogP) is 9.70. The minimum absolute atomic E-state index is 0.0641. The van der Waals surface area contributed by atoms with Crippen molar-refractivity contribution in [2.24, 2.45) is 0 Å². The summed E-state index contributed by atoms with van der Waals surface area (Å²) in [5.74, 6) is -0.725. The van der Waals surface area contributed by atoms with Crippen LogP contribution in [-0.4, -0.2) is 41.4 Å². The summed E-state index contributed by atoms with van der Waals surface area (Å²) in [5.41, 5.74) is 6.08. The number of halogens is 2. The van der Waals surface area contributed by atoms with Gasteiger partial charge in [-0.25, -0.2) is 9.18 Å². The number of benzene rings is 5. The molecule has 1 N–H and O–H groups in total. The molecule has 0 spiro atoms. The average Bonchev–Trinajstić information content (AvgIpc) is 3.22. The van der Waals surface area contributed by atoms with Gasteiger partial charge in [-0.15, -0.1) is 0 Å². The second kappa shape index (κ2) is 16.8. The number of nitrogens with zero attached hydrogens (tertiary/aromatic N) is 2. The van der Waals surface area contributed by atoms with Crippen molar-refractivity contribution in [3.8, 4) is 11.1 Å². The molecule has 5 aromatic carbocycles. The second-order valence-electron chi connectivity index (χ2n) is 14.7. The maximum Gasteiger partial charge on any atom is 0.407 e. The largest absolute Gasteiger partial charge is 0.444 e. The number of alkyl carbamates (subject to hydrolysis) is 1. The van der Waals surface area contributed by atoms with Crippen LogP contribution in [0.25, 0.3) is 11.1 Å². The summed E-state index contributed by atoms with van der Waals surface area (Å²) in [6.07, 6.45) is -0.261. The van der Waals surface area contributed by atoms with E-state index in [1.54, 1.807) is 29.2 Å². The molecule has 1 heterocycles. The van der Waals surface area contributed by atoms with Crippen LogP contribution in [0.3, 0.4) is 0 Å². The molecule has 54 heavy (non-hydrogen) atoms. The molecule has 1 aliphatic rings. The normalized spacial score (nSPS) is 16.0. The van der Waals surface area contributed by atoms with Crippen LogP contribution in [-0.2, 0) is 33.8 Å². The Morgan fingerprint density at radius 3 is 2.26 bits per heavy atom. The van der Waals surface area contributed by atoms with Crippen LogP contribution in [0.1, 0.15) is 67.5 Å².